The van der Waals surface area contributed by atoms with Crippen LogP contribution in [0.3, 0.4) is 0 Å². The molecular weight excluding hydrogens is 594 g/mol. The van der Waals surface area contributed by atoms with Gasteiger partial charge in [-0.25, -0.2) is 0 Å². The fraction of sp³-hybridized carbons (Fsp3) is 0.349. The van der Waals surface area contributed by atoms with E-state index in [2.05, 4.69) is 104 Å². The number of nitrogens with zero attached hydrogens (tertiary/aromatic N) is 1. The molecule has 0 radical (unpaired) electrons. The Kier molecular flexibility index (Phi) is 7.74. The summed E-state index contributed by atoms with van der Waals surface area (Å²) in [5.74, 6) is 4.70. The minimum Gasteiger partial charge on any atom is -0.497 e. The predicted octanol–water partition coefficient (Wildman–Crippen LogP) is 9.70. The molecular formula is C43H45NO4. The Bertz CT molecular complexity index is 1980. The van der Waals surface area contributed by atoms with E-state index in [0.29, 0.717) is 11.8 Å². The van der Waals surface area contributed by atoms with E-state index in [9.17, 15) is 0 Å². The molecule has 246 valence electrons. The molecule has 3 unspecified atom stereocenters. The zero-order valence-electron chi connectivity index (χ0n) is 28.8. The molecule has 5 nitrogen and oxygen atoms in total. The molecule has 5 heteroatoms. The summed E-state index contributed by atoms with van der Waals surface area (Å²) in [5.41, 5.74) is 9.79. The summed E-state index contributed by atoms with van der Waals surface area (Å²) in [5, 5.41) is 2.34. The van der Waals surface area contributed by atoms with E-state index in [1.807, 2.05) is 0 Å². The Balaban J connectivity index is 1.41. The smallest absolute Gasteiger partial charge is 0.159 e. The highest BCUT2D eigenvalue weighted by Gasteiger charge is 2.44. The number of hydrogen-bond acceptors (Lipinski definition) is 5. The zero-order chi connectivity index (χ0) is 33.0. The average Bonchev–Trinajstić information content (AvgIpc) is 3.28. The number of benzene rings is 5. The number of anilines is 1. The van der Waals surface area contributed by atoms with Gasteiger partial charge in [0.25, 0.3) is 0 Å². The first kappa shape index (κ1) is 30.7. The van der Waals surface area contributed by atoms with Gasteiger partial charge in [-0.3, -0.25) is 0 Å². The van der Waals surface area contributed by atoms with E-state index in [-0.39, 0.29) is 0 Å². The third kappa shape index (κ3) is 4.89. The van der Waals surface area contributed by atoms with Crippen molar-refractivity contribution in [3.8, 4) is 34.1 Å². The molecule has 0 N–H and O–H groups in total. The Morgan fingerprint density at radius 2 is 1.35 bits per heavy atom. The number of fused-ring (bicyclic) bond motifs is 10. The van der Waals surface area contributed by atoms with E-state index in [1.54, 1.807) is 21.3 Å². The molecule has 0 amide bonds. The molecule has 3 atom stereocenters. The van der Waals surface area contributed by atoms with Gasteiger partial charge in [0.15, 0.2) is 5.60 Å². The topological polar surface area (TPSA) is 40.2 Å². The first-order valence-corrected chi connectivity index (χ1v) is 17.4. The predicted molar refractivity (Wildman–Crippen MR) is 194 cm³/mol. The number of hydrogen-bond donors (Lipinski definition) is 0. The molecule has 0 bridgehead atoms. The van der Waals surface area contributed by atoms with Crippen molar-refractivity contribution in [2.75, 3.05) is 40.3 Å². The normalized spacial score (nSPS) is 21.1. The number of rotatable bonds is 6. The van der Waals surface area contributed by atoms with Gasteiger partial charge in [0.1, 0.15) is 23.0 Å². The van der Waals surface area contributed by atoms with Gasteiger partial charge in [-0.05, 0) is 132 Å². The zero-order valence-corrected chi connectivity index (χ0v) is 28.8. The molecule has 5 aromatic carbocycles. The number of methoxy groups -OCH3 is 3. The largest absolute Gasteiger partial charge is 0.497 e. The Labute approximate surface area is 284 Å². The standard InChI is InChI=1S/C43H45NO4/c1-44(2)31-14-10-29(11-15-31)43(30-12-16-32(45-3)17-13-30)23-22-38-41-35-9-7-6-8-27(35)24-28-25-33(46-4)18-20-36(28)40(41)37-21-19-34(47-5)26-39(37)42(38)48-43/h10-21,25-27,35H,6-9,22-24H2,1-5H3. The maximum atomic E-state index is 7.66. The van der Waals surface area contributed by atoms with Gasteiger partial charge in [-0.15, -0.1) is 0 Å². The molecule has 1 fully saturated rings. The third-order valence-corrected chi connectivity index (χ3v) is 11.4. The van der Waals surface area contributed by atoms with Crippen molar-refractivity contribution in [1.29, 1.82) is 0 Å². The average molecular weight is 640 g/mol. The lowest BCUT2D eigenvalue weighted by Gasteiger charge is -2.43. The van der Waals surface area contributed by atoms with Crippen LogP contribution in [0.1, 0.15) is 65.8 Å². The van der Waals surface area contributed by atoms with Crippen LogP contribution in [0.2, 0.25) is 0 Å². The van der Waals surface area contributed by atoms with Crippen molar-refractivity contribution < 1.29 is 18.9 Å². The van der Waals surface area contributed by atoms with E-state index in [1.165, 1.54) is 64.6 Å². The van der Waals surface area contributed by atoms with Gasteiger partial charge in [0, 0.05) is 36.3 Å². The SMILES string of the molecule is COc1ccc(C2(c3ccc(N(C)C)cc3)CCc3c4c(c5ccc(OC)cc5c3O2)-c2ccc(OC)cc2CC2CCCCC42)cc1. The fourth-order valence-corrected chi connectivity index (χ4v) is 8.91. The highest BCUT2D eigenvalue weighted by atomic mass is 16.5. The van der Waals surface area contributed by atoms with Gasteiger partial charge in [-0.2, -0.15) is 0 Å². The van der Waals surface area contributed by atoms with Crippen LogP contribution in [-0.2, 0) is 18.4 Å². The molecule has 5 aromatic rings. The van der Waals surface area contributed by atoms with Crippen LogP contribution >= 0.6 is 0 Å². The van der Waals surface area contributed by atoms with Crippen molar-refractivity contribution in [1.82, 2.24) is 0 Å². The third-order valence-electron chi connectivity index (χ3n) is 11.4. The Morgan fingerprint density at radius 1 is 0.708 bits per heavy atom. The Morgan fingerprint density at radius 3 is 2.06 bits per heavy atom. The summed E-state index contributed by atoms with van der Waals surface area (Å²) in [4.78, 5) is 2.14. The lowest BCUT2D eigenvalue weighted by Crippen LogP contribution is -2.39. The van der Waals surface area contributed by atoms with E-state index < -0.39 is 5.60 Å². The van der Waals surface area contributed by atoms with Crippen molar-refractivity contribution in [2.45, 2.75) is 56.5 Å². The van der Waals surface area contributed by atoms with Gasteiger partial charge < -0.3 is 23.8 Å². The van der Waals surface area contributed by atoms with Crippen molar-refractivity contribution in [3.05, 3.63) is 113 Å². The fourth-order valence-electron chi connectivity index (χ4n) is 8.91. The van der Waals surface area contributed by atoms with Crippen LogP contribution in [0, 0.1) is 5.92 Å². The van der Waals surface area contributed by atoms with Crippen molar-refractivity contribution >= 4 is 16.5 Å². The lowest BCUT2D eigenvalue weighted by molar-refractivity contribution is 0.0864. The van der Waals surface area contributed by atoms with Crippen LogP contribution in [0.15, 0.2) is 84.9 Å². The minimum absolute atomic E-state index is 0.490. The molecule has 0 spiro atoms. The maximum absolute atomic E-state index is 7.66. The Hall–Kier alpha value is -4.64. The lowest BCUT2D eigenvalue weighted by atomic mass is 9.70. The highest BCUT2D eigenvalue weighted by Crippen LogP contribution is 2.57. The minimum atomic E-state index is -0.670. The first-order valence-electron chi connectivity index (χ1n) is 17.4. The maximum Gasteiger partial charge on any atom is 0.159 e. The van der Waals surface area contributed by atoms with Crippen LogP contribution < -0.4 is 23.8 Å². The van der Waals surface area contributed by atoms with Gasteiger partial charge in [0.05, 0.1) is 21.3 Å². The molecule has 1 aliphatic heterocycles. The second-order valence-corrected chi connectivity index (χ2v) is 14.0. The summed E-state index contributed by atoms with van der Waals surface area (Å²) >= 11 is 0. The summed E-state index contributed by atoms with van der Waals surface area (Å²) in [6, 6.07) is 30.7. The van der Waals surface area contributed by atoms with Crippen LogP contribution in [0.4, 0.5) is 5.69 Å². The second-order valence-electron chi connectivity index (χ2n) is 14.0. The molecule has 0 saturated heterocycles. The van der Waals surface area contributed by atoms with Gasteiger partial charge in [-0.1, -0.05) is 43.2 Å². The number of ether oxygens (including phenoxy) is 4. The van der Waals surface area contributed by atoms with Crippen LogP contribution in [0.5, 0.6) is 23.0 Å². The molecule has 0 aromatic heterocycles. The molecule has 3 aliphatic rings. The van der Waals surface area contributed by atoms with E-state index in [4.69, 9.17) is 18.9 Å². The summed E-state index contributed by atoms with van der Waals surface area (Å²) < 4.78 is 24.8. The summed E-state index contributed by atoms with van der Waals surface area (Å²) in [6.07, 6.45) is 7.86. The first-order chi connectivity index (χ1) is 23.4. The second kappa shape index (κ2) is 12.1. The molecule has 48 heavy (non-hydrogen) atoms. The molecule has 1 heterocycles. The highest BCUT2D eigenvalue weighted by molar-refractivity contribution is 6.05. The molecule has 8 rings (SSSR count). The monoisotopic (exact) mass is 639 g/mol. The summed E-state index contributed by atoms with van der Waals surface area (Å²) in [6.45, 7) is 0. The van der Waals surface area contributed by atoms with Crippen molar-refractivity contribution in [3.63, 3.8) is 0 Å². The van der Waals surface area contributed by atoms with E-state index >= 15 is 0 Å². The van der Waals surface area contributed by atoms with Gasteiger partial charge in [0.2, 0.25) is 0 Å². The van der Waals surface area contributed by atoms with E-state index in [0.717, 1.165) is 58.8 Å². The molecule has 1 saturated carbocycles. The molecule has 2 aliphatic carbocycles. The van der Waals surface area contributed by atoms with Gasteiger partial charge >= 0.3 is 0 Å². The quantitative estimate of drug-likeness (QED) is 0.185. The van der Waals surface area contributed by atoms with Crippen LogP contribution in [-0.4, -0.2) is 35.4 Å². The van der Waals surface area contributed by atoms with Crippen molar-refractivity contribution in [2.24, 2.45) is 5.92 Å². The summed E-state index contributed by atoms with van der Waals surface area (Å²) in [7, 11) is 9.41. The van der Waals surface area contributed by atoms with Crippen LogP contribution in [0.25, 0.3) is 21.9 Å².